The molecule has 0 saturated carbocycles. The number of allylic oxidation sites excluding steroid dienone is 2. The SMILES string of the molecule is N=C(/C=C(\Nc1ccc(NC(=O)c2cccc(N3CCC(C(=O)O)CC3)c2)nn1)C(F)(F)F)c1cccnc1. The molecule has 3 heterocycles. The number of aromatic nitrogens is 3. The monoisotopic (exact) mass is 539 g/mol. The van der Waals surface area contributed by atoms with Gasteiger partial charge in [0, 0.05) is 42.3 Å². The minimum absolute atomic E-state index is 0.0267. The van der Waals surface area contributed by atoms with Crippen LogP contribution in [0.4, 0.5) is 30.5 Å². The standard InChI is InChI=1S/C26H24F3N7O3/c27-26(28,29)21(14-20(30)18-4-2-10-31-15-18)32-22-6-7-23(35-34-22)33-24(37)17-3-1-5-19(13-17)36-11-8-16(9-12-36)25(38)39/h1-7,10,13-16,30H,8-9,11-12H2,(H,32,34)(H,38,39)(H,33,35,37)/b21-14-,30-20?. The molecule has 4 N–H and O–H groups in total. The normalized spacial score (nSPS) is 14.5. The lowest BCUT2D eigenvalue weighted by atomic mass is 9.96. The molecule has 1 aliphatic rings. The molecule has 1 fully saturated rings. The predicted molar refractivity (Wildman–Crippen MR) is 138 cm³/mol. The number of aliphatic carboxylic acids is 1. The van der Waals surface area contributed by atoms with Crippen molar-refractivity contribution in [3.63, 3.8) is 0 Å². The average Bonchev–Trinajstić information content (AvgIpc) is 2.93. The highest BCUT2D eigenvalue weighted by molar-refractivity contribution is 6.07. The molecule has 39 heavy (non-hydrogen) atoms. The number of hydrogen-bond donors (Lipinski definition) is 4. The molecule has 0 unspecified atom stereocenters. The Bertz CT molecular complexity index is 1370. The number of nitrogens with one attached hydrogen (secondary N) is 3. The van der Waals surface area contributed by atoms with E-state index in [4.69, 9.17) is 5.41 Å². The van der Waals surface area contributed by atoms with Crippen LogP contribution in [0, 0.1) is 11.3 Å². The summed E-state index contributed by atoms with van der Waals surface area (Å²) in [6.45, 7) is 1.11. The molecule has 4 rings (SSSR count). The zero-order valence-corrected chi connectivity index (χ0v) is 20.4. The van der Waals surface area contributed by atoms with Crippen LogP contribution in [0.2, 0.25) is 0 Å². The number of carbonyl (C=O) groups is 2. The fourth-order valence-corrected chi connectivity index (χ4v) is 3.96. The largest absolute Gasteiger partial charge is 0.481 e. The number of pyridine rings is 1. The number of nitrogens with zero attached hydrogens (tertiary/aromatic N) is 4. The molecule has 1 amide bonds. The maximum absolute atomic E-state index is 13.6. The summed E-state index contributed by atoms with van der Waals surface area (Å²) in [4.78, 5) is 29.8. The lowest BCUT2D eigenvalue weighted by Gasteiger charge is -2.32. The molecule has 1 aromatic carbocycles. The summed E-state index contributed by atoms with van der Waals surface area (Å²) in [5.74, 6) is -1.88. The van der Waals surface area contributed by atoms with Gasteiger partial charge in [0.1, 0.15) is 5.70 Å². The lowest BCUT2D eigenvalue weighted by Crippen LogP contribution is -2.36. The molecule has 202 valence electrons. The summed E-state index contributed by atoms with van der Waals surface area (Å²) in [5.41, 5.74) is -0.299. The Morgan fingerprint density at radius 1 is 1.00 bits per heavy atom. The second kappa shape index (κ2) is 11.7. The first-order chi connectivity index (χ1) is 18.6. The summed E-state index contributed by atoms with van der Waals surface area (Å²) >= 11 is 0. The Labute approximate surface area is 221 Å². The Hall–Kier alpha value is -4.81. The first-order valence-electron chi connectivity index (χ1n) is 11.9. The maximum atomic E-state index is 13.6. The first-order valence-corrected chi connectivity index (χ1v) is 11.9. The molecule has 2 aromatic heterocycles. The Balaban J connectivity index is 1.40. The van der Waals surface area contributed by atoms with E-state index in [1.165, 1.54) is 36.7 Å². The van der Waals surface area contributed by atoms with Gasteiger partial charge in [0.15, 0.2) is 11.6 Å². The van der Waals surface area contributed by atoms with Crippen LogP contribution in [0.25, 0.3) is 0 Å². The molecule has 0 atom stereocenters. The Morgan fingerprint density at radius 3 is 2.26 bits per heavy atom. The van der Waals surface area contributed by atoms with Crippen molar-refractivity contribution >= 4 is 34.9 Å². The Morgan fingerprint density at radius 2 is 1.67 bits per heavy atom. The molecular weight excluding hydrogens is 515 g/mol. The van der Waals surface area contributed by atoms with Crippen molar-refractivity contribution < 1.29 is 27.9 Å². The van der Waals surface area contributed by atoms with Crippen molar-refractivity contribution in [2.24, 2.45) is 5.92 Å². The predicted octanol–water partition coefficient (Wildman–Crippen LogP) is 4.35. The fraction of sp³-hybridized carbons (Fsp3) is 0.231. The van der Waals surface area contributed by atoms with Gasteiger partial charge in [-0.2, -0.15) is 13.2 Å². The minimum atomic E-state index is -4.79. The van der Waals surface area contributed by atoms with Crippen LogP contribution in [0.5, 0.6) is 0 Å². The number of anilines is 3. The van der Waals surface area contributed by atoms with E-state index in [-0.39, 0.29) is 23.1 Å². The van der Waals surface area contributed by atoms with Crippen molar-refractivity contribution in [3.8, 4) is 0 Å². The van der Waals surface area contributed by atoms with Crippen LogP contribution in [0.1, 0.15) is 28.8 Å². The average molecular weight is 540 g/mol. The van der Waals surface area contributed by atoms with Crippen LogP contribution in [-0.2, 0) is 4.79 Å². The second-order valence-electron chi connectivity index (χ2n) is 8.74. The highest BCUT2D eigenvalue weighted by atomic mass is 19.4. The van der Waals surface area contributed by atoms with Crippen molar-refractivity contribution in [1.29, 1.82) is 5.41 Å². The molecular formula is C26H24F3N7O3. The molecule has 13 heteroatoms. The van der Waals surface area contributed by atoms with E-state index in [0.717, 1.165) is 5.69 Å². The Kier molecular flexibility index (Phi) is 8.18. The number of carboxylic acids is 1. The molecule has 0 radical (unpaired) electrons. The van der Waals surface area contributed by atoms with Gasteiger partial charge in [-0.1, -0.05) is 6.07 Å². The number of hydrogen-bond acceptors (Lipinski definition) is 8. The molecule has 3 aromatic rings. The maximum Gasteiger partial charge on any atom is 0.431 e. The topological polar surface area (TPSA) is 144 Å². The van der Waals surface area contributed by atoms with Gasteiger partial charge in [0.25, 0.3) is 5.91 Å². The van der Waals surface area contributed by atoms with E-state index in [0.29, 0.717) is 37.6 Å². The molecule has 10 nitrogen and oxygen atoms in total. The number of benzene rings is 1. The van der Waals surface area contributed by atoms with Crippen LogP contribution in [0.15, 0.2) is 72.7 Å². The first kappa shape index (κ1) is 27.2. The van der Waals surface area contributed by atoms with Crippen molar-refractivity contribution in [3.05, 3.63) is 83.8 Å². The summed E-state index contributed by atoms with van der Waals surface area (Å²) in [6.07, 6.45) is -0.415. The van der Waals surface area contributed by atoms with Crippen molar-refractivity contribution in [1.82, 2.24) is 15.2 Å². The molecule has 0 spiro atoms. The third-order valence-electron chi connectivity index (χ3n) is 6.05. The minimum Gasteiger partial charge on any atom is -0.481 e. The van der Waals surface area contributed by atoms with E-state index < -0.39 is 29.5 Å². The lowest BCUT2D eigenvalue weighted by molar-refractivity contribution is -0.142. The van der Waals surface area contributed by atoms with Crippen LogP contribution >= 0.6 is 0 Å². The third-order valence-corrected chi connectivity index (χ3v) is 6.05. The number of carboxylic acid groups (broad SMARTS) is 1. The zero-order valence-electron chi connectivity index (χ0n) is 20.4. The number of alkyl halides is 3. The fourth-order valence-electron chi connectivity index (χ4n) is 3.96. The van der Waals surface area contributed by atoms with E-state index in [1.807, 2.05) is 11.0 Å². The van der Waals surface area contributed by atoms with Crippen LogP contribution < -0.4 is 15.5 Å². The van der Waals surface area contributed by atoms with Gasteiger partial charge in [0.05, 0.1) is 11.6 Å². The van der Waals surface area contributed by atoms with Crippen molar-refractivity contribution in [2.75, 3.05) is 28.6 Å². The second-order valence-corrected chi connectivity index (χ2v) is 8.74. The number of amides is 1. The van der Waals surface area contributed by atoms with Crippen LogP contribution in [-0.4, -0.2) is 57.1 Å². The summed E-state index contributed by atoms with van der Waals surface area (Å²) < 4.78 is 40.7. The van der Waals surface area contributed by atoms with E-state index in [9.17, 15) is 27.9 Å². The van der Waals surface area contributed by atoms with E-state index in [2.05, 4.69) is 25.8 Å². The van der Waals surface area contributed by atoms with Gasteiger partial charge in [-0.15, -0.1) is 10.2 Å². The summed E-state index contributed by atoms with van der Waals surface area (Å²) in [5, 5.41) is 29.3. The highest BCUT2D eigenvalue weighted by Gasteiger charge is 2.34. The number of piperidine rings is 1. The quantitative estimate of drug-likeness (QED) is 0.309. The number of carbonyl (C=O) groups excluding carboxylic acids is 1. The third kappa shape index (κ3) is 7.15. The summed E-state index contributed by atoms with van der Waals surface area (Å²) in [6, 6.07) is 12.3. The van der Waals surface area contributed by atoms with Gasteiger partial charge in [-0.05, 0) is 61.4 Å². The van der Waals surface area contributed by atoms with Gasteiger partial charge in [-0.25, -0.2) is 0 Å². The van der Waals surface area contributed by atoms with Gasteiger partial charge < -0.3 is 26.0 Å². The van der Waals surface area contributed by atoms with E-state index in [1.54, 1.807) is 18.2 Å². The summed E-state index contributed by atoms with van der Waals surface area (Å²) in [7, 11) is 0. The van der Waals surface area contributed by atoms with Crippen molar-refractivity contribution in [2.45, 2.75) is 19.0 Å². The smallest absolute Gasteiger partial charge is 0.431 e. The van der Waals surface area contributed by atoms with E-state index >= 15 is 0 Å². The highest BCUT2D eigenvalue weighted by Crippen LogP contribution is 2.27. The van der Waals surface area contributed by atoms with Gasteiger partial charge in [0.2, 0.25) is 0 Å². The molecule has 1 saturated heterocycles. The molecule has 0 bridgehead atoms. The van der Waals surface area contributed by atoms with Gasteiger partial charge >= 0.3 is 12.1 Å². The zero-order chi connectivity index (χ0) is 28.0. The number of rotatable bonds is 8. The molecule has 0 aliphatic carbocycles. The molecule has 1 aliphatic heterocycles. The number of halogens is 3. The van der Waals surface area contributed by atoms with Gasteiger partial charge in [-0.3, -0.25) is 14.6 Å². The van der Waals surface area contributed by atoms with Crippen LogP contribution in [0.3, 0.4) is 0 Å².